The first-order valence-corrected chi connectivity index (χ1v) is 5.50. The molecule has 1 aliphatic rings. The highest BCUT2D eigenvalue weighted by atomic mass is 16.3. The van der Waals surface area contributed by atoms with Gasteiger partial charge in [0.2, 0.25) is 0 Å². The van der Waals surface area contributed by atoms with E-state index in [2.05, 4.69) is 4.98 Å². The van der Waals surface area contributed by atoms with Gasteiger partial charge in [0.05, 0.1) is 5.60 Å². The molecule has 1 amide bonds. The average molecular weight is 220 g/mol. The number of β-amino-alcohol motifs (C(OH)–C–C–N with tert-alkyl or cyclic N) is 1. The van der Waals surface area contributed by atoms with E-state index in [0.717, 1.165) is 19.4 Å². The number of amides is 1. The van der Waals surface area contributed by atoms with Gasteiger partial charge in [-0.25, -0.2) is 0 Å². The highest BCUT2D eigenvalue weighted by Gasteiger charge is 2.31. The third kappa shape index (κ3) is 2.39. The smallest absolute Gasteiger partial charge is 0.254 e. The van der Waals surface area contributed by atoms with Crippen molar-refractivity contribution in [2.24, 2.45) is 0 Å². The number of piperidine rings is 1. The van der Waals surface area contributed by atoms with Gasteiger partial charge in [0.15, 0.2) is 0 Å². The fourth-order valence-corrected chi connectivity index (χ4v) is 2.07. The van der Waals surface area contributed by atoms with E-state index in [1.165, 1.54) is 0 Å². The number of likely N-dealkylation sites (tertiary alicyclic amines) is 1. The normalized spacial score (nSPS) is 25.5. The van der Waals surface area contributed by atoms with Crippen molar-refractivity contribution in [3.63, 3.8) is 0 Å². The summed E-state index contributed by atoms with van der Waals surface area (Å²) < 4.78 is 0. The van der Waals surface area contributed by atoms with E-state index >= 15 is 0 Å². The molecular formula is C12H16N2O2. The molecule has 4 nitrogen and oxygen atoms in total. The summed E-state index contributed by atoms with van der Waals surface area (Å²) in [4.78, 5) is 17.7. The second-order valence-electron chi connectivity index (χ2n) is 4.56. The maximum atomic E-state index is 12.1. The van der Waals surface area contributed by atoms with Crippen molar-refractivity contribution >= 4 is 5.91 Å². The summed E-state index contributed by atoms with van der Waals surface area (Å²) in [6.07, 6.45) is 4.82. The van der Waals surface area contributed by atoms with Gasteiger partial charge in [-0.05, 0) is 31.9 Å². The van der Waals surface area contributed by atoms with Crippen LogP contribution < -0.4 is 0 Å². The molecule has 1 aromatic heterocycles. The number of hydrogen-bond acceptors (Lipinski definition) is 3. The van der Waals surface area contributed by atoms with Crippen LogP contribution in [0, 0.1) is 0 Å². The van der Waals surface area contributed by atoms with Crippen LogP contribution in [0.3, 0.4) is 0 Å². The van der Waals surface area contributed by atoms with Gasteiger partial charge in [-0.15, -0.1) is 0 Å². The lowest BCUT2D eigenvalue weighted by Gasteiger charge is -2.36. The number of aliphatic hydroxyl groups is 1. The van der Waals surface area contributed by atoms with E-state index in [4.69, 9.17) is 0 Å². The third-order valence-corrected chi connectivity index (χ3v) is 2.89. The maximum absolute atomic E-state index is 12.1. The molecule has 0 aromatic carbocycles. The molecule has 0 spiro atoms. The molecule has 4 heteroatoms. The Labute approximate surface area is 94.9 Å². The van der Waals surface area contributed by atoms with Crippen LogP contribution in [0.25, 0.3) is 0 Å². The Morgan fingerprint density at radius 3 is 2.81 bits per heavy atom. The van der Waals surface area contributed by atoms with E-state index in [-0.39, 0.29) is 5.91 Å². The lowest BCUT2D eigenvalue weighted by Crippen LogP contribution is -2.48. The van der Waals surface area contributed by atoms with E-state index in [9.17, 15) is 9.90 Å². The predicted octanol–water partition coefficient (Wildman–Crippen LogP) is 1.07. The molecule has 16 heavy (non-hydrogen) atoms. The van der Waals surface area contributed by atoms with Crippen molar-refractivity contribution in [3.05, 3.63) is 30.1 Å². The van der Waals surface area contributed by atoms with Gasteiger partial charge in [0.1, 0.15) is 0 Å². The third-order valence-electron chi connectivity index (χ3n) is 2.89. The average Bonchev–Trinajstić information content (AvgIpc) is 2.28. The van der Waals surface area contributed by atoms with E-state index in [1.54, 1.807) is 36.4 Å². The second kappa shape index (κ2) is 4.22. The molecule has 1 N–H and O–H groups in total. The van der Waals surface area contributed by atoms with E-state index in [1.807, 2.05) is 0 Å². The second-order valence-corrected chi connectivity index (χ2v) is 4.56. The number of nitrogens with zero attached hydrogens (tertiary/aromatic N) is 2. The van der Waals surface area contributed by atoms with Crippen molar-refractivity contribution in [2.75, 3.05) is 13.1 Å². The standard InChI is InChI=1S/C12H16N2O2/c1-12(16)5-2-8-14(9-12)11(15)10-3-6-13-7-4-10/h3-4,6-7,16H,2,5,8-9H2,1H3. The minimum Gasteiger partial charge on any atom is -0.388 e. The Morgan fingerprint density at radius 1 is 1.50 bits per heavy atom. The molecule has 1 saturated heterocycles. The van der Waals surface area contributed by atoms with Gasteiger partial charge < -0.3 is 10.0 Å². The first kappa shape index (κ1) is 11.1. The molecule has 2 heterocycles. The predicted molar refractivity (Wildman–Crippen MR) is 60.0 cm³/mol. The largest absolute Gasteiger partial charge is 0.388 e. The molecule has 2 rings (SSSR count). The molecule has 0 aliphatic carbocycles. The summed E-state index contributed by atoms with van der Waals surface area (Å²) in [6, 6.07) is 3.40. The minimum atomic E-state index is -0.749. The molecule has 0 saturated carbocycles. The van der Waals surface area contributed by atoms with Gasteiger partial charge in [-0.2, -0.15) is 0 Å². The van der Waals surface area contributed by atoms with Crippen LogP contribution in [-0.2, 0) is 0 Å². The van der Waals surface area contributed by atoms with Gasteiger partial charge in [-0.1, -0.05) is 0 Å². The van der Waals surface area contributed by atoms with Crippen LogP contribution in [0.2, 0.25) is 0 Å². The number of pyridine rings is 1. The summed E-state index contributed by atoms with van der Waals surface area (Å²) in [7, 11) is 0. The number of rotatable bonds is 1. The Kier molecular flexibility index (Phi) is 2.92. The fourth-order valence-electron chi connectivity index (χ4n) is 2.07. The monoisotopic (exact) mass is 220 g/mol. The fraction of sp³-hybridized carbons (Fsp3) is 0.500. The molecule has 1 aliphatic heterocycles. The van der Waals surface area contributed by atoms with E-state index in [0.29, 0.717) is 12.1 Å². The summed E-state index contributed by atoms with van der Waals surface area (Å²) in [5.41, 5.74) is -0.117. The van der Waals surface area contributed by atoms with Crippen LogP contribution in [0.5, 0.6) is 0 Å². The molecule has 1 fully saturated rings. The zero-order chi connectivity index (χ0) is 11.6. The molecule has 1 atom stereocenters. The van der Waals surface area contributed by atoms with Crippen LogP contribution in [0.15, 0.2) is 24.5 Å². The molecule has 1 aromatic rings. The molecule has 0 radical (unpaired) electrons. The van der Waals surface area contributed by atoms with Crippen molar-refractivity contribution < 1.29 is 9.90 Å². The first-order valence-electron chi connectivity index (χ1n) is 5.50. The minimum absolute atomic E-state index is 0.0256. The van der Waals surface area contributed by atoms with Crippen LogP contribution in [0.1, 0.15) is 30.1 Å². The van der Waals surface area contributed by atoms with Gasteiger partial charge in [0, 0.05) is 31.0 Å². The maximum Gasteiger partial charge on any atom is 0.254 e. The molecular weight excluding hydrogens is 204 g/mol. The topological polar surface area (TPSA) is 53.4 Å². The Balaban J connectivity index is 2.11. The number of carbonyl (C=O) groups excluding carboxylic acids is 1. The molecule has 0 bridgehead atoms. The van der Waals surface area contributed by atoms with Crippen LogP contribution >= 0.6 is 0 Å². The zero-order valence-corrected chi connectivity index (χ0v) is 9.39. The van der Waals surface area contributed by atoms with Crippen molar-refractivity contribution in [1.29, 1.82) is 0 Å². The highest BCUT2D eigenvalue weighted by molar-refractivity contribution is 5.94. The van der Waals surface area contributed by atoms with Gasteiger partial charge >= 0.3 is 0 Å². The quantitative estimate of drug-likeness (QED) is 0.770. The summed E-state index contributed by atoms with van der Waals surface area (Å²) >= 11 is 0. The van der Waals surface area contributed by atoms with Crippen LogP contribution in [0.4, 0.5) is 0 Å². The van der Waals surface area contributed by atoms with Crippen LogP contribution in [-0.4, -0.2) is 39.6 Å². The van der Waals surface area contributed by atoms with Gasteiger partial charge in [-0.3, -0.25) is 9.78 Å². The summed E-state index contributed by atoms with van der Waals surface area (Å²) in [6.45, 7) is 2.91. The molecule has 86 valence electrons. The highest BCUT2D eigenvalue weighted by Crippen LogP contribution is 2.21. The lowest BCUT2D eigenvalue weighted by atomic mass is 9.95. The Bertz CT molecular complexity index is 376. The first-order chi connectivity index (χ1) is 7.58. The lowest BCUT2D eigenvalue weighted by molar-refractivity contribution is -0.0107. The molecule has 1 unspecified atom stereocenters. The van der Waals surface area contributed by atoms with Crippen molar-refractivity contribution in [2.45, 2.75) is 25.4 Å². The zero-order valence-electron chi connectivity index (χ0n) is 9.39. The van der Waals surface area contributed by atoms with E-state index < -0.39 is 5.60 Å². The summed E-state index contributed by atoms with van der Waals surface area (Å²) in [5, 5.41) is 9.93. The number of carbonyl (C=O) groups is 1. The SMILES string of the molecule is CC1(O)CCCN(C(=O)c2ccncc2)C1. The summed E-state index contributed by atoms with van der Waals surface area (Å²) in [5.74, 6) is -0.0256. The van der Waals surface area contributed by atoms with Gasteiger partial charge in [0.25, 0.3) is 5.91 Å². The number of aromatic nitrogens is 1. The number of hydrogen-bond donors (Lipinski definition) is 1. The van der Waals surface area contributed by atoms with Crippen molar-refractivity contribution in [1.82, 2.24) is 9.88 Å². The Hall–Kier alpha value is -1.42. The van der Waals surface area contributed by atoms with Crippen molar-refractivity contribution in [3.8, 4) is 0 Å². The Morgan fingerprint density at radius 2 is 2.19 bits per heavy atom.